The van der Waals surface area contributed by atoms with Crippen LogP contribution in [-0.2, 0) is 0 Å². The number of rotatable bonds is 3. The minimum atomic E-state index is -0.992. The molecule has 1 amide bonds. The summed E-state index contributed by atoms with van der Waals surface area (Å²) in [7, 11) is 3.35. The lowest BCUT2D eigenvalue weighted by atomic mass is 10.1. The van der Waals surface area contributed by atoms with Gasteiger partial charge in [-0.1, -0.05) is 0 Å². The molecule has 124 valence electrons. The van der Waals surface area contributed by atoms with Crippen LogP contribution in [0.2, 0.25) is 0 Å². The number of carboxylic acids is 1. The maximum atomic E-state index is 12.1. The highest BCUT2D eigenvalue weighted by Crippen LogP contribution is 2.26. The second-order valence-electron chi connectivity index (χ2n) is 5.81. The van der Waals surface area contributed by atoms with Crippen molar-refractivity contribution in [2.45, 2.75) is 0 Å². The van der Waals surface area contributed by atoms with Gasteiger partial charge >= 0.3 is 5.97 Å². The van der Waals surface area contributed by atoms with Gasteiger partial charge in [0.1, 0.15) is 6.07 Å². The molecule has 1 aromatic heterocycles. The smallest absolute Gasteiger partial charge is 0.335 e. The second-order valence-corrected chi connectivity index (χ2v) is 5.81. The summed E-state index contributed by atoms with van der Waals surface area (Å²) >= 11 is 0. The Morgan fingerprint density at radius 2 is 1.72 bits per heavy atom. The van der Waals surface area contributed by atoms with Crippen LogP contribution in [0.5, 0.6) is 0 Å². The van der Waals surface area contributed by atoms with E-state index in [1.165, 1.54) is 17.0 Å². The number of nitriles is 1. The van der Waals surface area contributed by atoms with Crippen LogP contribution in [0.3, 0.4) is 0 Å². The maximum absolute atomic E-state index is 12.1. The molecule has 1 heterocycles. The minimum absolute atomic E-state index is 0.135. The zero-order chi connectivity index (χ0) is 18.1. The number of carboxylic acid groups (broad SMARTS) is 1. The second kappa shape index (κ2) is 6.13. The van der Waals surface area contributed by atoms with Crippen molar-refractivity contribution < 1.29 is 14.7 Å². The van der Waals surface area contributed by atoms with Crippen LogP contribution in [0.4, 0.5) is 0 Å². The first-order chi connectivity index (χ1) is 11.9. The normalized spacial score (nSPS) is 10.4. The van der Waals surface area contributed by atoms with Crippen molar-refractivity contribution in [2.24, 2.45) is 0 Å². The lowest BCUT2D eigenvalue weighted by molar-refractivity contribution is 0.0696. The van der Waals surface area contributed by atoms with Crippen LogP contribution in [-0.4, -0.2) is 40.5 Å². The molecule has 0 bridgehead atoms. The zero-order valence-corrected chi connectivity index (χ0v) is 13.7. The SMILES string of the molecule is CN(C)C(=O)c1ccc2c(c1)c(C#N)cn2-c1ccc(C(=O)O)cc1. The summed E-state index contributed by atoms with van der Waals surface area (Å²) in [5, 5.41) is 19.1. The topological polar surface area (TPSA) is 86.3 Å². The molecule has 0 fully saturated rings. The first kappa shape index (κ1) is 16.3. The fourth-order valence-electron chi connectivity index (χ4n) is 2.69. The third-order valence-electron chi connectivity index (χ3n) is 3.97. The molecule has 25 heavy (non-hydrogen) atoms. The molecule has 6 nitrogen and oxygen atoms in total. The molecule has 0 atom stereocenters. The summed E-state index contributed by atoms with van der Waals surface area (Å²) in [6.45, 7) is 0. The van der Waals surface area contributed by atoms with Gasteiger partial charge in [-0.3, -0.25) is 4.79 Å². The number of nitrogens with zero attached hydrogens (tertiary/aromatic N) is 3. The Morgan fingerprint density at radius 1 is 1.08 bits per heavy atom. The number of aromatic nitrogens is 1. The molecule has 0 unspecified atom stereocenters. The third-order valence-corrected chi connectivity index (χ3v) is 3.97. The van der Waals surface area contributed by atoms with Gasteiger partial charge in [0.25, 0.3) is 5.91 Å². The van der Waals surface area contributed by atoms with Gasteiger partial charge in [-0.2, -0.15) is 5.26 Å². The summed E-state index contributed by atoms with van der Waals surface area (Å²) < 4.78 is 1.81. The molecule has 2 aromatic carbocycles. The fourth-order valence-corrected chi connectivity index (χ4v) is 2.69. The number of aromatic carboxylic acids is 1. The summed E-state index contributed by atoms with van der Waals surface area (Å²) in [4.78, 5) is 24.6. The van der Waals surface area contributed by atoms with Crippen molar-refractivity contribution in [1.82, 2.24) is 9.47 Å². The quantitative estimate of drug-likeness (QED) is 0.798. The van der Waals surface area contributed by atoms with E-state index in [9.17, 15) is 14.9 Å². The van der Waals surface area contributed by atoms with Crippen LogP contribution >= 0.6 is 0 Å². The molecule has 0 saturated heterocycles. The highest BCUT2D eigenvalue weighted by atomic mass is 16.4. The molecular weight excluding hydrogens is 318 g/mol. The van der Waals surface area contributed by atoms with Crippen LogP contribution in [0.25, 0.3) is 16.6 Å². The van der Waals surface area contributed by atoms with E-state index in [0.717, 1.165) is 11.2 Å². The van der Waals surface area contributed by atoms with E-state index in [-0.39, 0.29) is 11.5 Å². The van der Waals surface area contributed by atoms with E-state index < -0.39 is 5.97 Å². The van der Waals surface area contributed by atoms with E-state index in [1.807, 2.05) is 4.57 Å². The van der Waals surface area contributed by atoms with Gasteiger partial charge in [0.2, 0.25) is 0 Å². The molecule has 0 aliphatic rings. The van der Waals surface area contributed by atoms with Crippen molar-refractivity contribution in [1.29, 1.82) is 5.26 Å². The van der Waals surface area contributed by atoms with Gasteiger partial charge < -0.3 is 14.6 Å². The van der Waals surface area contributed by atoms with Gasteiger partial charge in [-0.25, -0.2) is 4.79 Å². The van der Waals surface area contributed by atoms with E-state index >= 15 is 0 Å². The highest BCUT2D eigenvalue weighted by Gasteiger charge is 2.14. The molecule has 3 rings (SSSR count). The Morgan fingerprint density at radius 3 is 2.28 bits per heavy atom. The van der Waals surface area contributed by atoms with Crippen molar-refractivity contribution >= 4 is 22.8 Å². The number of fused-ring (bicyclic) bond motifs is 1. The van der Waals surface area contributed by atoms with Crippen LogP contribution in [0.15, 0.2) is 48.7 Å². The highest BCUT2D eigenvalue weighted by molar-refractivity contribution is 5.99. The Kier molecular flexibility index (Phi) is 3.99. The minimum Gasteiger partial charge on any atom is -0.478 e. The Balaban J connectivity index is 2.15. The maximum Gasteiger partial charge on any atom is 0.335 e. The van der Waals surface area contributed by atoms with Crippen molar-refractivity contribution in [2.75, 3.05) is 14.1 Å². The molecule has 0 aliphatic carbocycles. The molecule has 3 aromatic rings. The molecule has 6 heteroatoms. The predicted octanol–water partition coefficient (Wildman–Crippen LogP) is 2.90. The zero-order valence-electron chi connectivity index (χ0n) is 13.7. The number of hydrogen-bond acceptors (Lipinski definition) is 3. The lowest BCUT2D eigenvalue weighted by Crippen LogP contribution is -2.21. The molecule has 0 spiro atoms. The van der Waals surface area contributed by atoms with Gasteiger partial charge in [-0.05, 0) is 42.5 Å². The number of carbonyl (C=O) groups excluding carboxylic acids is 1. The summed E-state index contributed by atoms with van der Waals surface area (Å²) in [6.07, 6.45) is 1.68. The van der Waals surface area contributed by atoms with Gasteiger partial charge in [0, 0.05) is 36.9 Å². The summed E-state index contributed by atoms with van der Waals surface area (Å²) in [6, 6.07) is 13.8. The number of carbonyl (C=O) groups is 2. The van der Waals surface area contributed by atoms with Gasteiger partial charge in [0.05, 0.1) is 16.6 Å². The monoisotopic (exact) mass is 333 g/mol. The summed E-state index contributed by atoms with van der Waals surface area (Å²) in [5.74, 6) is -1.13. The van der Waals surface area contributed by atoms with Crippen LogP contribution < -0.4 is 0 Å². The average molecular weight is 333 g/mol. The van der Waals surface area contributed by atoms with E-state index in [0.29, 0.717) is 16.5 Å². The van der Waals surface area contributed by atoms with Crippen molar-refractivity contribution in [3.63, 3.8) is 0 Å². The largest absolute Gasteiger partial charge is 0.478 e. The lowest BCUT2D eigenvalue weighted by Gasteiger charge is -2.11. The first-order valence-corrected chi connectivity index (χ1v) is 7.53. The molecule has 0 radical (unpaired) electrons. The average Bonchev–Trinajstić information content (AvgIpc) is 2.99. The standard InChI is InChI=1S/C19H15N3O3/c1-21(2)18(23)13-5-8-17-16(9-13)14(10-20)11-22(17)15-6-3-12(4-7-15)19(24)25/h3-9,11H,1-2H3,(H,24,25). The molecule has 0 aliphatic heterocycles. The Bertz CT molecular complexity index is 1020. The van der Waals surface area contributed by atoms with E-state index in [1.54, 1.807) is 50.6 Å². The van der Waals surface area contributed by atoms with Crippen LogP contribution in [0, 0.1) is 11.3 Å². The third kappa shape index (κ3) is 2.83. The van der Waals surface area contributed by atoms with Crippen molar-refractivity contribution in [3.8, 4) is 11.8 Å². The first-order valence-electron chi connectivity index (χ1n) is 7.53. The molecular formula is C19H15N3O3. The Hall–Kier alpha value is -3.59. The number of amides is 1. The molecule has 1 N–H and O–H groups in total. The van der Waals surface area contributed by atoms with Gasteiger partial charge in [0.15, 0.2) is 0 Å². The van der Waals surface area contributed by atoms with Crippen molar-refractivity contribution in [3.05, 3.63) is 65.4 Å². The number of hydrogen-bond donors (Lipinski definition) is 1. The van der Waals surface area contributed by atoms with Gasteiger partial charge in [-0.15, -0.1) is 0 Å². The number of benzene rings is 2. The van der Waals surface area contributed by atoms with E-state index in [2.05, 4.69) is 6.07 Å². The fraction of sp³-hybridized carbons (Fsp3) is 0.105. The predicted molar refractivity (Wildman–Crippen MR) is 93.0 cm³/mol. The van der Waals surface area contributed by atoms with E-state index in [4.69, 9.17) is 5.11 Å². The summed E-state index contributed by atoms with van der Waals surface area (Å²) in [5.41, 5.74) is 2.66. The van der Waals surface area contributed by atoms with Crippen LogP contribution in [0.1, 0.15) is 26.3 Å². The molecule has 0 saturated carbocycles. The Labute approximate surface area is 144 Å².